The molecule has 0 aliphatic heterocycles. The minimum Gasteiger partial charge on any atom is -0.507 e. The highest BCUT2D eigenvalue weighted by Crippen LogP contribution is 2.21. The van der Waals surface area contributed by atoms with Crippen LogP contribution in [0.25, 0.3) is 0 Å². The van der Waals surface area contributed by atoms with Gasteiger partial charge in [0.25, 0.3) is 10.0 Å². The number of nitrogens with one attached hydrogen (secondary N) is 1. The van der Waals surface area contributed by atoms with E-state index in [1.807, 2.05) is 0 Å². The van der Waals surface area contributed by atoms with Gasteiger partial charge >= 0.3 is 0 Å². The first-order valence-corrected chi connectivity index (χ1v) is 9.13. The molecule has 3 aromatic rings. The highest BCUT2D eigenvalue weighted by molar-refractivity contribution is 7.92. The molecule has 0 saturated carbocycles. The third-order valence-corrected chi connectivity index (χ3v) is 4.93. The van der Waals surface area contributed by atoms with E-state index in [0.29, 0.717) is 11.3 Å². The molecule has 26 heavy (non-hydrogen) atoms. The minimum absolute atomic E-state index is 0.0586. The van der Waals surface area contributed by atoms with Gasteiger partial charge in [-0.2, -0.15) is 0 Å². The Hall–Kier alpha value is -3.19. The van der Waals surface area contributed by atoms with Crippen molar-refractivity contribution in [2.24, 2.45) is 4.99 Å². The van der Waals surface area contributed by atoms with Gasteiger partial charge in [0.05, 0.1) is 10.6 Å². The fourth-order valence-electron chi connectivity index (χ4n) is 2.18. The highest BCUT2D eigenvalue weighted by atomic mass is 32.2. The summed E-state index contributed by atoms with van der Waals surface area (Å²) in [7, 11) is -3.78. The number of para-hydroxylation sites is 1. The van der Waals surface area contributed by atoms with Crippen molar-refractivity contribution in [2.45, 2.75) is 4.90 Å². The summed E-state index contributed by atoms with van der Waals surface area (Å²) in [4.78, 5) is 4.27. The Balaban J connectivity index is 1.76. The Morgan fingerprint density at radius 2 is 1.58 bits per heavy atom. The van der Waals surface area contributed by atoms with E-state index in [9.17, 15) is 17.9 Å². The second-order valence-corrected chi connectivity index (χ2v) is 7.11. The average Bonchev–Trinajstić information content (AvgIpc) is 2.63. The summed E-state index contributed by atoms with van der Waals surface area (Å²) in [5.74, 6) is -0.335. The van der Waals surface area contributed by atoms with Crippen molar-refractivity contribution >= 4 is 27.6 Å². The number of hydrogen-bond donors (Lipinski definition) is 2. The van der Waals surface area contributed by atoms with E-state index in [1.54, 1.807) is 36.4 Å². The number of aliphatic imine (C=N–C) groups is 1. The molecule has 5 nitrogen and oxygen atoms in total. The molecule has 0 unspecified atom stereocenters. The summed E-state index contributed by atoms with van der Waals surface area (Å²) in [6, 6.07) is 17.7. The molecule has 0 heterocycles. The van der Waals surface area contributed by atoms with Gasteiger partial charge in [-0.15, -0.1) is 0 Å². The lowest BCUT2D eigenvalue weighted by molar-refractivity contribution is 0.474. The second kappa shape index (κ2) is 7.37. The third kappa shape index (κ3) is 4.25. The van der Waals surface area contributed by atoms with E-state index in [1.165, 1.54) is 42.6 Å². The van der Waals surface area contributed by atoms with Crippen LogP contribution in [0.2, 0.25) is 0 Å². The molecule has 7 heteroatoms. The number of nitrogens with zero attached hydrogens (tertiary/aromatic N) is 1. The van der Waals surface area contributed by atoms with Gasteiger partial charge in [0.1, 0.15) is 11.6 Å². The van der Waals surface area contributed by atoms with E-state index < -0.39 is 15.8 Å². The average molecular weight is 370 g/mol. The maximum absolute atomic E-state index is 12.9. The minimum atomic E-state index is -3.78. The zero-order valence-electron chi connectivity index (χ0n) is 13.5. The van der Waals surface area contributed by atoms with Crippen LogP contribution in [0, 0.1) is 5.82 Å². The van der Waals surface area contributed by atoms with Crippen LogP contribution in [-0.4, -0.2) is 19.7 Å². The van der Waals surface area contributed by atoms with Crippen molar-refractivity contribution in [3.8, 4) is 5.75 Å². The topological polar surface area (TPSA) is 78.8 Å². The van der Waals surface area contributed by atoms with Gasteiger partial charge < -0.3 is 5.11 Å². The number of phenols is 1. The number of phenolic OH excluding ortho intramolecular Hbond substituents is 1. The van der Waals surface area contributed by atoms with Gasteiger partial charge in [-0.25, -0.2) is 12.8 Å². The van der Waals surface area contributed by atoms with Crippen LogP contribution in [0.3, 0.4) is 0 Å². The lowest BCUT2D eigenvalue weighted by Crippen LogP contribution is -2.12. The summed E-state index contributed by atoms with van der Waals surface area (Å²) in [6.07, 6.45) is 1.50. The summed E-state index contributed by atoms with van der Waals surface area (Å²) in [5.41, 5.74) is 1.37. The number of benzene rings is 3. The number of halogens is 1. The standard InChI is InChI=1S/C19H15FN2O3S/c20-15-5-7-17(8-6-15)22-26(24,25)18-11-9-16(10-12-18)21-13-14-3-1-2-4-19(14)23/h1-13,22-23H. The molecule has 0 atom stereocenters. The molecule has 132 valence electrons. The van der Waals surface area contributed by atoms with Crippen LogP contribution in [0.5, 0.6) is 5.75 Å². The van der Waals surface area contributed by atoms with Crippen LogP contribution < -0.4 is 4.72 Å². The molecular weight excluding hydrogens is 355 g/mol. The van der Waals surface area contributed by atoms with E-state index in [4.69, 9.17) is 0 Å². The molecule has 0 aliphatic rings. The maximum atomic E-state index is 12.9. The van der Waals surface area contributed by atoms with Gasteiger partial charge in [0, 0.05) is 17.5 Å². The van der Waals surface area contributed by atoms with Crippen molar-refractivity contribution in [2.75, 3.05) is 4.72 Å². The lowest BCUT2D eigenvalue weighted by atomic mass is 10.2. The second-order valence-electron chi connectivity index (χ2n) is 5.42. The van der Waals surface area contributed by atoms with Crippen molar-refractivity contribution in [1.29, 1.82) is 0 Å². The molecule has 2 N–H and O–H groups in total. The highest BCUT2D eigenvalue weighted by Gasteiger charge is 2.13. The zero-order chi connectivity index (χ0) is 18.6. The molecule has 0 aliphatic carbocycles. The Morgan fingerprint density at radius 3 is 2.23 bits per heavy atom. The molecule has 0 amide bonds. The summed E-state index contributed by atoms with van der Waals surface area (Å²) < 4.78 is 40.0. The maximum Gasteiger partial charge on any atom is 0.261 e. The van der Waals surface area contributed by atoms with Crippen molar-refractivity contribution < 1.29 is 17.9 Å². The normalized spacial score (nSPS) is 11.6. The molecule has 0 radical (unpaired) electrons. The number of rotatable bonds is 5. The first kappa shape index (κ1) is 17.6. The van der Waals surface area contributed by atoms with Crippen LogP contribution in [0.4, 0.5) is 15.8 Å². The smallest absolute Gasteiger partial charge is 0.261 e. The van der Waals surface area contributed by atoms with Crippen LogP contribution in [-0.2, 0) is 10.0 Å². The van der Waals surface area contributed by atoms with Crippen molar-refractivity contribution in [1.82, 2.24) is 0 Å². The predicted molar refractivity (Wildman–Crippen MR) is 99.0 cm³/mol. The van der Waals surface area contributed by atoms with Crippen LogP contribution in [0.15, 0.2) is 82.7 Å². The Kier molecular flexibility index (Phi) is 4.99. The van der Waals surface area contributed by atoms with Gasteiger partial charge in [-0.3, -0.25) is 9.71 Å². The van der Waals surface area contributed by atoms with Crippen molar-refractivity contribution in [3.63, 3.8) is 0 Å². The number of hydrogen-bond acceptors (Lipinski definition) is 4. The van der Waals surface area contributed by atoms with E-state index >= 15 is 0 Å². The van der Waals surface area contributed by atoms with Gasteiger partial charge in [0.15, 0.2) is 0 Å². The lowest BCUT2D eigenvalue weighted by Gasteiger charge is -2.08. The SMILES string of the molecule is O=S(=O)(Nc1ccc(F)cc1)c1ccc(N=Cc2ccccc2O)cc1. The molecular formula is C19H15FN2O3S. The third-order valence-electron chi connectivity index (χ3n) is 3.53. The Morgan fingerprint density at radius 1 is 0.923 bits per heavy atom. The van der Waals surface area contributed by atoms with Crippen molar-refractivity contribution in [3.05, 3.63) is 84.2 Å². The van der Waals surface area contributed by atoms with E-state index in [0.717, 1.165) is 0 Å². The van der Waals surface area contributed by atoms with Crippen LogP contribution in [0.1, 0.15) is 5.56 Å². The van der Waals surface area contributed by atoms with E-state index in [2.05, 4.69) is 9.71 Å². The monoisotopic (exact) mass is 370 g/mol. The van der Waals surface area contributed by atoms with Gasteiger partial charge in [-0.05, 0) is 60.7 Å². The fraction of sp³-hybridized carbons (Fsp3) is 0. The summed E-state index contributed by atoms with van der Waals surface area (Å²) in [5, 5.41) is 9.69. The largest absolute Gasteiger partial charge is 0.507 e. The molecule has 3 aromatic carbocycles. The zero-order valence-corrected chi connectivity index (χ0v) is 14.3. The number of sulfonamides is 1. The predicted octanol–water partition coefficient (Wildman–Crippen LogP) is 4.08. The first-order valence-electron chi connectivity index (χ1n) is 7.64. The number of aromatic hydroxyl groups is 1. The number of anilines is 1. The summed E-state index contributed by atoms with van der Waals surface area (Å²) in [6.45, 7) is 0. The Labute approximate surface area is 150 Å². The molecule has 0 fully saturated rings. The first-order chi connectivity index (χ1) is 12.4. The molecule has 3 rings (SSSR count). The molecule has 0 saturated heterocycles. The molecule has 0 bridgehead atoms. The summed E-state index contributed by atoms with van der Waals surface area (Å²) >= 11 is 0. The quantitative estimate of drug-likeness (QED) is 0.664. The van der Waals surface area contributed by atoms with Gasteiger partial charge in [0.2, 0.25) is 0 Å². The van der Waals surface area contributed by atoms with Crippen LogP contribution >= 0.6 is 0 Å². The fourth-order valence-corrected chi connectivity index (χ4v) is 3.24. The van der Waals surface area contributed by atoms with E-state index in [-0.39, 0.29) is 16.3 Å². The molecule has 0 spiro atoms. The Bertz CT molecular complexity index is 1030. The molecule has 0 aromatic heterocycles. The van der Waals surface area contributed by atoms with Gasteiger partial charge in [-0.1, -0.05) is 12.1 Å².